The van der Waals surface area contributed by atoms with E-state index in [9.17, 15) is 4.79 Å². The zero-order chi connectivity index (χ0) is 9.26. The van der Waals surface area contributed by atoms with Gasteiger partial charge in [-0.1, -0.05) is 12.8 Å². The fourth-order valence-electron chi connectivity index (χ4n) is 2.72. The Hall–Kier alpha value is -0.280. The first-order valence-corrected chi connectivity index (χ1v) is 5.26. The molecule has 4 heteroatoms. The third kappa shape index (κ3) is 2.39. The quantitative estimate of drug-likeness (QED) is 0.707. The van der Waals surface area contributed by atoms with Gasteiger partial charge >= 0.3 is 5.97 Å². The van der Waals surface area contributed by atoms with Gasteiger partial charge in [-0.3, -0.25) is 4.79 Å². The lowest BCUT2D eigenvalue weighted by Crippen LogP contribution is -2.42. The molecule has 0 spiro atoms. The molecule has 82 valence electrons. The molecule has 14 heavy (non-hydrogen) atoms. The molecule has 1 aliphatic heterocycles. The van der Waals surface area contributed by atoms with Gasteiger partial charge in [-0.05, 0) is 31.6 Å². The number of carbonyl (C=O) groups is 1. The second-order valence-corrected chi connectivity index (χ2v) is 4.29. The molecule has 1 saturated carbocycles. The molecular weight excluding hydrogens is 202 g/mol. The van der Waals surface area contributed by atoms with E-state index in [4.69, 9.17) is 5.11 Å². The van der Waals surface area contributed by atoms with Crippen molar-refractivity contribution in [3.05, 3.63) is 0 Å². The minimum absolute atomic E-state index is 0. The van der Waals surface area contributed by atoms with Crippen LogP contribution in [0.4, 0.5) is 0 Å². The summed E-state index contributed by atoms with van der Waals surface area (Å²) in [6, 6.07) is 0.205. The number of halogens is 1. The molecule has 2 N–H and O–H groups in total. The summed E-state index contributed by atoms with van der Waals surface area (Å²) in [5.41, 5.74) is 0. The second kappa shape index (κ2) is 4.99. The summed E-state index contributed by atoms with van der Waals surface area (Å²) in [5, 5.41) is 12.2. The van der Waals surface area contributed by atoms with Gasteiger partial charge in [0.15, 0.2) is 0 Å². The van der Waals surface area contributed by atoms with Gasteiger partial charge in [0.25, 0.3) is 0 Å². The van der Waals surface area contributed by atoms with Crippen LogP contribution >= 0.6 is 12.4 Å². The highest BCUT2D eigenvalue weighted by Crippen LogP contribution is 2.32. The molecular formula is C10H18ClNO2. The van der Waals surface area contributed by atoms with E-state index in [1.54, 1.807) is 0 Å². The molecule has 0 aromatic rings. The van der Waals surface area contributed by atoms with Crippen LogP contribution in [0.15, 0.2) is 0 Å². The van der Waals surface area contributed by atoms with Gasteiger partial charge in [-0.15, -0.1) is 12.4 Å². The van der Waals surface area contributed by atoms with Crippen LogP contribution < -0.4 is 5.32 Å². The largest absolute Gasteiger partial charge is 0.480 e. The molecule has 2 aliphatic rings. The Balaban J connectivity index is 0.000000980. The van der Waals surface area contributed by atoms with Crippen LogP contribution in [0.3, 0.4) is 0 Å². The van der Waals surface area contributed by atoms with Crippen LogP contribution in [-0.4, -0.2) is 23.2 Å². The van der Waals surface area contributed by atoms with E-state index < -0.39 is 5.97 Å². The third-order valence-electron chi connectivity index (χ3n) is 3.44. The Labute approximate surface area is 90.7 Å². The van der Waals surface area contributed by atoms with Crippen LogP contribution in [0.2, 0.25) is 0 Å². The molecule has 0 bridgehead atoms. The van der Waals surface area contributed by atoms with Crippen LogP contribution in [0, 0.1) is 5.92 Å². The first-order chi connectivity index (χ1) is 6.27. The number of aliphatic carboxylic acids is 1. The van der Waals surface area contributed by atoms with E-state index in [1.807, 2.05) is 0 Å². The maximum atomic E-state index is 10.8. The molecule has 3 unspecified atom stereocenters. The molecule has 3 nitrogen and oxygen atoms in total. The molecule has 3 atom stereocenters. The molecule has 1 aliphatic carbocycles. The minimum Gasteiger partial charge on any atom is -0.480 e. The number of hydrogen-bond donors (Lipinski definition) is 2. The van der Waals surface area contributed by atoms with E-state index in [-0.39, 0.29) is 18.4 Å². The summed E-state index contributed by atoms with van der Waals surface area (Å²) < 4.78 is 0. The van der Waals surface area contributed by atoms with Crippen molar-refractivity contribution < 1.29 is 9.90 Å². The lowest BCUT2D eigenvalue weighted by atomic mass is 9.99. The summed E-state index contributed by atoms with van der Waals surface area (Å²) in [6.07, 6.45) is 6.85. The van der Waals surface area contributed by atoms with Gasteiger partial charge in [-0.2, -0.15) is 0 Å². The topological polar surface area (TPSA) is 49.3 Å². The van der Waals surface area contributed by atoms with Crippen LogP contribution in [0.1, 0.15) is 38.5 Å². The average molecular weight is 220 g/mol. The van der Waals surface area contributed by atoms with E-state index in [0.717, 1.165) is 18.8 Å². The van der Waals surface area contributed by atoms with Crippen molar-refractivity contribution in [2.24, 2.45) is 5.92 Å². The monoisotopic (exact) mass is 219 g/mol. The highest BCUT2D eigenvalue weighted by molar-refractivity contribution is 5.85. The van der Waals surface area contributed by atoms with E-state index in [1.165, 1.54) is 25.7 Å². The Bertz CT molecular complexity index is 210. The molecule has 0 radical (unpaired) electrons. The molecule has 0 aromatic carbocycles. The smallest absolute Gasteiger partial charge is 0.320 e. The maximum absolute atomic E-state index is 10.8. The standard InChI is InChI=1S/C10H17NO2.ClH/c12-10(13)9-6-2-4-7-3-1-5-8(7)11-9;/h7-9,11H,1-6H2,(H,12,13);1H. The van der Waals surface area contributed by atoms with Gasteiger partial charge in [-0.25, -0.2) is 0 Å². The van der Waals surface area contributed by atoms with E-state index in [2.05, 4.69) is 5.32 Å². The van der Waals surface area contributed by atoms with Crippen molar-refractivity contribution in [1.29, 1.82) is 0 Å². The lowest BCUT2D eigenvalue weighted by molar-refractivity contribution is -0.139. The molecule has 1 saturated heterocycles. The minimum atomic E-state index is -0.674. The predicted molar refractivity (Wildman–Crippen MR) is 56.8 cm³/mol. The van der Waals surface area contributed by atoms with Crippen molar-refractivity contribution in [1.82, 2.24) is 5.32 Å². The zero-order valence-corrected chi connectivity index (χ0v) is 9.05. The predicted octanol–water partition coefficient (Wildman–Crippen LogP) is 1.80. The average Bonchev–Trinajstić information content (AvgIpc) is 2.42. The molecule has 2 rings (SSSR count). The molecule has 0 aromatic heterocycles. The highest BCUT2D eigenvalue weighted by atomic mass is 35.5. The first kappa shape index (κ1) is 11.8. The van der Waals surface area contributed by atoms with Crippen LogP contribution in [0.5, 0.6) is 0 Å². The fourth-order valence-corrected chi connectivity index (χ4v) is 2.72. The van der Waals surface area contributed by atoms with Gasteiger partial charge in [0, 0.05) is 6.04 Å². The molecule has 2 fully saturated rings. The maximum Gasteiger partial charge on any atom is 0.320 e. The summed E-state index contributed by atoms with van der Waals surface area (Å²) in [5.74, 6) is 0.0805. The SMILES string of the molecule is Cl.O=C(O)C1CCCC2CCCC2N1. The number of nitrogens with one attached hydrogen (secondary N) is 1. The van der Waals surface area contributed by atoms with Crippen molar-refractivity contribution in [3.63, 3.8) is 0 Å². The Kier molecular flexibility index (Phi) is 4.20. The van der Waals surface area contributed by atoms with Gasteiger partial charge in [0.2, 0.25) is 0 Å². The summed E-state index contributed by atoms with van der Waals surface area (Å²) in [7, 11) is 0. The Morgan fingerprint density at radius 2 is 1.79 bits per heavy atom. The normalized spacial score (nSPS) is 36.7. The van der Waals surface area contributed by atoms with Crippen LogP contribution in [0.25, 0.3) is 0 Å². The van der Waals surface area contributed by atoms with Crippen molar-refractivity contribution in [2.45, 2.75) is 50.6 Å². The Morgan fingerprint density at radius 3 is 2.43 bits per heavy atom. The van der Waals surface area contributed by atoms with Crippen molar-refractivity contribution in [2.75, 3.05) is 0 Å². The summed E-state index contributed by atoms with van der Waals surface area (Å²) in [6.45, 7) is 0. The number of carboxylic acid groups (broad SMARTS) is 1. The number of rotatable bonds is 1. The van der Waals surface area contributed by atoms with Gasteiger partial charge < -0.3 is 10.4 Å². The van der Waals surface area contributed by atoms with Crippen LogP contribution in [-0.2, 0) is 4.79 Å². The highest BCUT2D eigenvalue weighted by Gasteiger charge is 2.33. The zero-order valence-electron chi connectivity index (χ0n) is 8.24. The van der Waals surface area contributed by atoms with Gasteiger partial charge in [0.1, 0.15) is 6.04 Å². The lowest BCUT2D eigenvalue weighted by Gasteiger charge is -2.19. The van der Waals surface area contributed by atoms with Crippen molar-refractivity contribution >= 4 is 18.4 Å². The van der Waals surface area contributed by atoms with Crippen molar-refractivity contribution in [3.8, 4) is 0 Å². The first-order valence-electron chi connectivity index (χ1n) is 5.26. The Morgan fingerprint density at radius 1 is 1.14 bits per heavy atom. The van der Waals surface area contributed by atoms with E-state index in [0.29, 0.717) is 6.04 Å². The summed E-state index contributed by atoms with van der Waals surface area (Å²) in [4.78, 5) is 10.8. The second-order valence-electron chi connectivity index (χ2n) is 4.29. The fraction of sp³-hybridized carbons (Fsp3) is 0.900. The van der Waals surface area contributed by atoms with Gasteiger partial charge in [0.05, 0.1) is 0 Å². The third-order valence-corrected chi connectivity index (χ3v) is 3.44. The number of hydrogen-bond acceptors (Lipinski definition) is 2. The molecule has 0 amide bonds. The number of fused-ring (bicyclic) bond motifs is 1. The molecule has 1 heterocycles. The number of carboxylic acids is 1. The van der Waals surface area contributed by atoms with E-state index >= 15 is 0 Å². The summed E-state index contributed by atoms with van der Waals surface area (Å²) >= 11 is 0.